The Hall–Kier alpha value is -3.71. The number of imidazole rings is 1. The molecule has 2 N–H and O–H groups in total. The average Bonchev–Trinajstić information content (AvgIpc) is 3.58. The lowest BCUT2D eigenvalue weighted by molar-refractivity contribution is 0.0966. The molecule has 1 saturated heterocycles. The largest absolute Gasteiger partial charge is 0.380 e. The molecule has 0 unspecified atom stereocenters. The van der Waals surface area contributed by atoms with Crippen LogP contribution in [0.2, 0.25) is 0 Å². The molecule has 0 bridgehead atoms. The molecular formula is C28H29N5O2. The SMILES string of the molecule is CCc1nc(Nc2ccc(-c3cnc4cc(C)ccn34)c3c2C(=O)NC3)ccc1[C@@]1(C)CCOC1. The Balaban J connectivity index is 1.39. The van der Waals surface area contributed by atoms with E-state index >= 15 is 0 Å². The summed E-state index contributed by atoms with van der Waals surface area (Å²) >= 11 is 0. The molecular weight excluding hydrogens is 438 g/mol. The molecule has 7 heteroatoms. The second-order valence-electron chi connectivity index (χ2n) is 9.81. The summed E-state index contributed by atoms with van der Waals surface area (Å²) in [5.41, 5.74) is 8.78. The first-order chi connectivity index (χ1) is 17.0. The van der Waals surface area contributed by atoms with E-state index in [0.717, 1.165) is 71.3 Å². The van der Waals surface area contributed by atoms with Crippen molar-refractivity contribution in [3.63, 3.8) is 0 Å². The number of carbonyl (C=O) groups is 1. The predicted octanol–water partition coefficient (Wildman–Crippen LogP) is 4.93. The summed E-state index contributed by atoms with van der Waals surface area (Å²) in [5.74, 6) is 0.671. The first-order valence-electron chi connectivity index (χ1n) is 12.2. The van der Waals surface area contributed by atoms with Crippen molar-refractivity contribution in [2.24, 2.45) is 0 Å². The molecule has 6 rings (SSSR count). The Kier molecular flexibility index (Phi) is 5.11. The Morgan fingerprint density at radius 3 is 2.91 bits per heavy atom. The summed E-state index contributed by atoms with van der Waals surface area (Å²) < 4.78 is 7.75. The number of hydrogen-bond donors (Lipinski definition) is 2. The van der Waals surface area contributed by atoms with Gasteiger partial charge in [-0.05, 0) is 60.7 Å². The summed E-state index contributed by atoms with van der Waals surface area (Å²) in [4.78, 5) is 22.4. The molecule has 0 radical (unpaired) electrons. The van der Waals surface area contributed by atoms with E-state index in [-0.39, 0.29) is 11.3 Å². The molecule has 1 amide bonds. The number of ether oxygens (including phenoxy) is 1. The van der Waals surface area contributed by atoms with Crippen LogP contribution < -0.4 is 10.6 Å². The topological polar surface area (TPSA) is 80.5 Å². The van der Waals surface area contributed by atoms with Crippen molar-refractivity contribution >= 4 is 23.1 Å². The standard InChI is InChI=1S/C28H29N5O2/c1-4-21-20(28(3)10-12-35-16-28)6-8-24(31-21)32-22-7-5-18(19-14-30-27(34)26(19)22)23-15-29-25-13-17(2)9-11-33(23)25/h5-9,11,13,15H,4,10,12,14,16H2,1-3H3,(H,30,34)(H,31,32)/t28-/m0/s1. The van der Waals surface area contributed by atoms with Crippen LogP contribution in [0.25, 0.3) is 16.9 Å². The fraction of sp³-hybridized carbons (Fsp3) is 0.321. The second kappa shape index (κ2) is 8.20. The first-order valence-corrected chi connectivity index (χ1v) is 12.2. The summed E-state index contributed by atoms with van der Waals surface area (Å²) in [6, 6.07) is 12.3. The maximum atomic E-state index is 12.9. The smallest absolute Gasteiger partial charge is 0.254 e. The monoisotopic (exact) mass is 467 g/mol. The fourth-order valence-electron chi connectivity index (χ4n) is 5.38. The van der Waals surface area contributed by atoms with Gasteiger partial charge in [0.25, 0.3) is 5.91 Å². The fourth-order valence-corrected chi connectivity index (χ4v) is 5.38. The van der Waals surface area contributed by atoms with Crippen LogP contribution in [0, 0.1) is 6.92 Å². The van der Waals surface area contributed by atoms with Gasteiger partial charge in [0.15, 0.2) is 0 Å². The van der Waals surface area contributed by atoms with E-state index in [2.05, 4.69) is 65.1 Å². The first kappa shape index (κ1) is 21.8. The van der Waals surface area contributed by atoms with Gasteiger partial charge in [-0.25, -0.2) is 9.97 Å². The quantitative estimate of drug-likeness (QED) is 0.435. The molecule has 178 valence electrons. The predicted molar refractivity (Wildman–Crippen MR) is 136 cm³/mol. The van der Waals surface area contributed by atoms with Crippen molar-refractivity contribution < 1.29 is 9.53 Å². The maximum Gasteiger partial charge on any atom is 0.254 e. The molecule has 1 atom stereocenters. The zero-order valence-electron chi connectivity index (χ0n) is 20.3. The molecule has 5 heterocycles. The summed E-state index contributed by atoms with van der Waals surface area (Å²) in [5, 5.41) is 6.43. The third-order valence-corrected chi connectivity index (χ3v) is 7.35. The normalized spacial score (nSPS) is 19.2. The van der Waals surface area contributed by atoms with Crippen molar-refractivity contribution in [2.75, 3.05) is 18.5 Å². The number of fused-ring (bicyclic) bond motifs is 2. The van der Waals surface area contributed by atoms with Gasteiger partial charge >= 0.3 is 0 Å². The van der Waals surface area contributed by atoms with Gasteiger partial charge in [-0.15, -0.1) is 0 Å². The molecule has 2 aliphatic rings. The van der Waals surface area contributed by atoms with Gasteiger partial charge in [0.05, 0.1) is 29.7 Å². The number of aromatic nitrogens is 3. The number of pyridine rings is 2. The third-order valence-electron chi connectivity index (χ3n) is 7.35. The lowest BCUT2D eigenvalue weighted by Crippen LogP contribution is -2.24. The van der Waals surface area contributed by atoms with Crippen molar-refractivity contribution in [3.05, 3.63) is 76.7 Å². The van der Waals surface area contributed by atoms with E-state index < -0.39 is 0 Å². The van der Waals surface area contributed by atoms with Crippen LogP contribution in [-0.4, -0.2) is 33.5 Å². The van der Waals surface area contributed by atoms with Crippen LogP contribution in [0.1, 0.15) is 53.0 Å². The van der Waals surface area contributed by atoms with E-state index in [1.54, 1.807) is 0 Å². The number of nitrogens with zero attached hydrogens (tertiary/aromatic N) is 3. The Morgan fingerprint density at radius 2 is 2.11 bits per heavy atom. The van der Waals surface area contributed by atoms with Crippen LogP contribution in [0.5, 0.6) is 0 Å². The number of rotatable bonds is 5. The lowest BCUT2D eigenvalue weighted by Gasteiger charge is -2.25. The van der Waals surface area contributed by atoms with E-state index in [9.17, 15) is 4.79 Å². The Bertz CT molecular complexity index is 1470. The molecule has 1 fully saturated rings. The van der Waals surface area contributed by atoms with Gasteiger partial charge in [0.2, 0.25) is 0 Å². The maximum absolute atomic E-state index is 12.9. The number of nitrogens with one attached hydrogen (secondary N) is 2. The van der Waals surface area contributed by atoms with Crippen LogP contribution in [0.3, 0.4) is 0 Å². The highest BCUT2D eigenvalue weighted by Gasteiger charge is 2.34. The molecule has 0 spiro atoms. The van der Waals surface area contributed by atoms with E-state index in [1.807, 2.05) is 24.5 Å². The van der Waals surface area contributed by atoms with E-state index in [0.29, 0.717) is 12.1 Å². The molecule has 2 aliphatic heterocycles. The molecule has 7 nitrogen and oxygen atoms in total. The molecule has 0 aliphatic carbocycles. The van der Waals surface area contributed by atoms with Gasteiger partial charge in [-0.2, -0.15) is 0 Å². The van der Waals surface area contributed by atoms with Gasteiger partial charge in [0, 0.05) is 36.0 Å². The van der Waals surface area contributed by atoms with Gasteiger partial charge in [-0.3, -0.25) is 9.20 Å². The van der Waals surface area contributed by atoms with Gasteiger partial charge in [-0.1, -0.05) is 26.0 Å². The van der Waals surface area contributed by atoms with Gasteiger partial charge < -0.3 is 15.4 Å². The summed E-state index contributed by atoms with van der Waals surface area (Å²) in [6.45, 7) is 8.45. The number of aryl methyl sites for hydroxylation is 2. The minimum atomic E-state index is -0.0723. The van der Waals surface area contributed by atoms with Crippen molar-refractivity contribution in [1.82, 2.24) is 19.7 Å². The molecule has 35 heavy (non-hydrogen) atoms. The minimum Gasteiger partial charge on any atom is -0.380 e. The van der Waals surface area contributed by atoms with Crippen molar-refractivity contribution in [3.8, 4) is 11.3 Å². The third kappa shape index (κ3) is 3.58. The molecule has 3 aromatic heterocycles. The molecule has 1 aromatic carbocycles. The number of hydrogen-bond acceptors (Lipinski definition) is 5. The number of carbonyl (C=O) groups excluding carboxylic acids is 1. The number of anilines is 2. The second-order valence-corrected chi connectivity index (χ2v) is 9.81. The highest BCUT2D eigenvalue weighted by Crippen LogP contribution is 2.37. The highest BCUT2D eigenvalue weighted by atomic mass is 16.5. The van der Waals surface area contributed by atoms with Crippen LogP contribution in [-0.2, 0) is 23.1 Å². The average molecular weight is 468 g/mol. The highest BCUT2D eigenvalue weighted by molar-refractivity contribution is 6.06. The van der Waals surface area contributed by atoms with Crippen LogP contribution >= 0.6 is 0 Å². The lowest BCUT2D eigenvalue weighted by atomic mass is 9.80. The minimum absolute atomic E-state index is 0.00616. The van der Waals surface area contributed by atoms with Gasteiger partial charge in [0.1, 0.15) is 11.5 Å². The van der Waals surface area contributed by atoms with E-state index in [4.69, 9.17) is 9.72 Å². The van der Waals surface area contributed by atoms with Crippen LogP contribution in [0.4, 0.5) is 11.5 Å². The zero-order valence-corrected chi connectivity index (χ0v) is 20.3. The Morgan fingerprint density at radius 1 is 1.23 bits per heavy atom. The van der Waals surface area contributed by atoms with Crippen molar-refractivity contribution in [2.45, 2.75) is 45.6 Å². The Labute approximate surface area is 204 Å². The zero-order chi connectivity index (χ0) is 24.2. The number of amides is 1. The summed E-state index contributed by atoms with van der Waals surface area (Å²) in [6.07, 6.45) is 5.75. The number of benzene rings is 1. The van der Waals surface area contributed by atoms with Crippen molar-refractivity contribution in [1.29, 1.82) is 0 Å². The molecule has 4 aromatic rings. The molecule has 0 saturated carbocycles. The van der Waals surface area contributed by atoms with E-state index in [1.165, 1.54) is 5.56 Å². The van der Waals surface area contributed by atoms with Crippen LogP contribution in [0.15, 0.2) is 48.8 Å². The summed E-state index contributed by atoms with van der Waals surface area (Å²) in [7, 11) is 0.